The van der Waals surface area contributed by atoms with E-state index >= 15 is 0 Å². The summed E-state index contributed by atoms with van der Waals surface area (Å²) < 4.78 is 6.29. The summed E-state index contributed by atoms with van der Waals surface area (Å²) in [6.45, 7) is 0. The molecule has 60 valence electrons. The monoisotopic (exact) mass is 154 g/mol. The van der Waals surface area contributed by atoms with E-state index in [9.17, 15) is 4.79 Å². The maximum atomic E-state index is 10.8. The number of ether oxygens (including phenoxy) is 1. The summed E-state index contributed by atoms with van der Waals surface area (Å²) in [6.07, 6.45) is 3.59. The first-order valence-corrected chi connectivity index (χ1v) is 3.26. The molecule has 0 saturated carbocycles. The Morgan fingerprint density at radius 2 is 2.55 bits per heavy atom. The third-order valence-corrected chi connectivity index (χ3v) is 1.47. The molecule has 1 heterocycles. The Labute approximate surface area is 64.8 Å². The van der Waals surface area contributed by atoms with Crippen LogP contribution in [0.3, 0.4) is 0 Å². The summed E-state index contributed by atoms with van der Waals surface area (Å²) in [7, 11) is 3.21. The van der Waals surface area contributed by atoms with Crippen molar-refractivity contribution in [2.24, 2.45) is 7.05 Å². The van der Waals surface area contributed by atoms with Crippen LogP contribution >= 0.6 is 0 Å². The van der Waals surface area contributed by atoms with E-state index in [4.69, 9.17) is 0 Å². The van der Waals surface area contributed by atoms with Gasteiger partial charge in [-0.3, -0.25) is 4.79 Å². The molecule has 0 N–H and O–H groups in total. The molecular weight excluding hydrogens is 144 g/mol. The van der Waals surface area contributed by atoms with Crippen molar-refractivity contribution in [3.63, 3.8) is 0 Å². The summed E-state index contributed by atoms with van der Waals surface area (Å²) in [5, 5.41) is 0. The minimum atomic E-state index is -0.242. The van der Waals surface area contributed by atoms with E-state index in [0.29, 0.717) is 0 Å². The molecule has 0 spiro atoms. The molecule has 0 unspecified atom stereocenters. The standard InChI is InChI=1S/C7H10N2O2/c1-9-5-8-4-6(9)3-7(10)11-2/h4-5H,3H2,1-2H3. The molecule has 0 amide bonds. The highest BCUT2D eigenvalue weighted by Crippen LogP contribution is 1.97. The molecule has 0 bridgehead atoms. The number of carbonyl (C=O) groups is 1. The van der Waals surface area contributed by atoms with Crippen molar-refractivity contribution in [1.82, 2.24) is 9.55 Å². The van der Waals surface area contributed by atoms with Gasteiger partial charge in [-0.15, -0.1) is 0 Å². The normalized spacial score (nSPS) is 9.64. The molecule has 0 aliphatic heterocycles. The van der Waals surface area contributed by atoms with Gasteiger partial charge in [-0.1, -0.05) is 0 Å². The van der Waals surface area contributed by atoms with Crippen LogP contribution in [0.25, 0.3) is 0 Å². The van der Waals surface area contributed by atoms with E-state index < -0.39 is 0 Å². The molecule has 1 aromatic heterocycles. The summed E-state index contributed by atoms with van der Waals surface area (Å²) in [5.41, 5.74) is 0.858. The Morgan fingerprint density at radius 3 is 3.00 bits per heavy atom. The van der Waals surface area contributed by atoms with Crippen molar-refractivity contribution in [3.8, 4) is 0 Å². The lowest BCUT2D eigenvalue weighted by Gasteiger charge is -1.98. The van der Waals surface area contributed by atoms with Crippen molar-refractivity contribution in [2.75, 3.05) is 7.11 Å². The summed E-state index contributed by atoms with van der Waals surface area (Å²) in [6, 6.07) is 0. The Balaban J connectivity index is 2.64. The van der Waals surface area contributed by atoms with E-state index in [2.05, 4.69) is 9.72 Å². The van der Waals surface area contributed by atoms with Gasteiger partial charge < -0.3 is 9.30 Å². The maximum Gasteiger partial charge on any atom is 0.311 e. The molecule has 1 rings (SSSR count). The number of hydrogen-bond acceptors (Lipinski definition) is 3. The van der Waals surface area contributed by atoms with Crippen LogP contribution < -0.4 is 0 Å². The van der Waals surface area contributed by atoms with Gasteiger partial charge in [0, 0.05) is 18.9 Å². The molecule has 4 heteroatoms. The SMILES string of the molecule is COC(=O)Cc1cncn1C. The van der Waals surface area contributed by atoms with Crippen LogP contribution in [0, 0.1) is 0 Å². The molecule has 0 saturated heterocycles. The second kappa shape index (κ2) is 3.18. The van der Waals surface area contributed by atoms with Crippen molar-refractivity contribution in [3.05, 3.63) is 18.2 Å². The van der Waals surface area contributed by atoms with Crippen molar-refractivity contribution in [2.45, 2.75) is 6.42 Å². The first-order valence-electron chi connectivity index (χ1n) is 3.26. The molecule has 0 aliphatic rings. The number of hydrogen-bond donors (Lipinski definition) is 0. The molecule has 0 fully saturated rings. The summed E-state index contributed by atoms with van der Waals surface area (Å²) in [4.78, 5) is 14.6. The van der Waals surface area contributed by atoms with Crippen LogP contribution in [0.1, 0.15) is 5.69 Å². The molecule has 11 heavy (non-hydrogen) atoms. The molecule has 0 aliphatic carbocycles. The molecule has 0 radical (unpaired) electrons. The number of carbonyl (C=O) groups excluding carboxylic acids is 1. The van der Waals surface area contributed by atoms with Crippen molar-refractivity contribution < 1.29 is 9.53 Å². The van der Waals surface area contributed by atoms with Gasteiger partial charge in [0.05, 0.1) is 19.9 Å². The number of imidazole rings is 1. The fraction of sp³-hybridized carbons (Fsp3) is 0.429. The third-order valence-electron chi connectivity index (χ3n) is 1.47. The lowest BCUT2D eigenvalue weighted by Crippen LogP contribution is -2.07. The van der Waals surface area contributed by atoms with Crippen LogP contribution in [0.15, 0.2) is 12.5 Å². The van der Waals surface area contributed by atoms with Crippen LogP contribution in [0.5, 0.6) is 0 Å². The number of methoxy groups -OCH3 is 1. The van der Waals surface area contributed by atoms with Gasteiger partial charge in [0.25, 0.3) is 0 Å². The van der Waals surface area contributed by atoms with Gasteiger partial charge in [-0.2, -0.15) is 0 Å². The number of aryl methyl sites for hydroxylation is 1. The van der Waals surface area contributed by atoms with Gasteiger partial charge in [0.2, 0.25) is 0 Å². The smallest absolute Gasteiger partial charge is 0.311 e. The fourth-order valence-corrected chi connectivity index (χ4v) is 0.775. The van der Waals surface area contributed by atoms with Crippen LogP contribution in [-0.4, -0.2) is 22.6 Å². The molecular formula is C7H10N2O2. The zero-order chi connectivity index (χ0) is 8.27. The molecule has 0 atom stereocenters. The van der Waals surface area contributed by atoms with Crippen LogP contribution in [0.4, 0.5) is 0 Å². The van der Waals surface area contributed by atoms with Crippen molar-refractivity contribution >= 4 is 5.97 Å². The van der Waals surface area contributed by atoms with E-state index in [1.54, 1.807) is 17.1 Å². The number of nitrogens with zero attached hydrogens (tertiary/aromatic N) is 2. The average molecular weight is 154 g/mol. The number of rotatable bonds is 2. The van der Waals surface area contributed by atoms with E-state index in [1.807, 2.05) is 7.05 Å². The highest BCUT2D eigenvalue weighted by atomic mass is 16.5. The molecule has 1 aromatic rings. The minimum Gasteiger partial charge on any atom is -0.469 e. The highest BCUT2D eigenvalue weighted by Gasteiger charge is 2.04. The quantitative estimate of drug-likeness (QED) is 0.569. The zero-order valence-corrected chi connectivity index (χ0v) is 6.57. The molecule has 0 aromatic carbocycles. The largest absolute Gasteiger partial charge is 0.469 e. The van der Waals surface area contributed by atoms with E-state index in [-0.39, 0.29) is 12.4 Å². The van der Waals surface area contributed by atoms with Gasteiger partial charge in [-0.25, -0.2) is 4.98 Å². The van der Waals surface area contributed by atoms with Gasteiger partial charge >= 0.3 is 5.97 Å². The van der Waals surface area contributed by atoms with Gasteiger partial charge in [-0.05, 0) is 0 Å². The Morgan fingerprint density at radius 1 is 1.82 bits per heavy atom. The Bertz CT molecular complexity index is 255. The topological polar surface area (TPSA) is 44.1 Å². The average Bonchev–Trinajstić information content (AvgIpc) is 2.37. The van der Waals surface area contributed by atoms with E-state index in [0.717, 1.165) is 5.69 Å². The van der Waals surface area contributed by atoms with Crippen LogP contribution in [-0.2, 0) is 23.0 Å². The first kappa shape index (κ1) is 7.78. The predicted octanol–water partition coefficient (Wildman–Crippen LogP) is 0.136. The van der Waals surface area contributed by atoms with Crippen LogP contribution in [0.2, 0.25) is 0 Å². The summed E-state index contributed by atoms with van der Waals surface area (Å²) >= 11 is 0. The van der Waals surface area contributed by atoms with Crippen molar-refractivity contribution in [1.29, 1.82) is 0 Å². The first-order chi connectivity index (χ1) is 5.24. The highest BCUT2D eigenvalue weighted by molar-refractivity contribution is 5.71. The summed E-state index contributed by atoms with van der Waals surface area (Å²) in [5.74, 6) is -0.242. The molecule has 4 nitrogen and oxygen atoms in total. The second-order valence-corrected chi connectivity index (χ2v) is 2.25. The fourth-order valence-electron chi connectivity index (χ4n) is 0.775. The third kappa shape index (κ3) is 1.80. The minimum absolute atomic E-state index is 0.242. The van der Waals surface area contributed by atoms with Gasteiger partial charge in [0.1, 0.15) is 0 Å². The Hall–Kier alpha value is -1.32. The zero-order valence-electron chi connectivity index (χ0n) is 6.57. The second-order valence-electron chi connectivity index (χ2n) is 2.25. The number of aromatic nitrogens is 2. The maximum absolute atomic E-state index is 10.8. The van der Waals surface area contributed by atoms with E-state index in [1.165, 1.54) is 7.11 Å². The lowest BCUT2D eigenvalue weighted by molar-refractivity contribution is -0.139. The number of esters is 1. The Kier molecular flexibility index (Phi) is 2.25. The van der Waals surface area contributed by atoms with Gasteiger partial charge in [0.15, 0.2) is 0 Å². The lowest BCUT2D eigenvalue weighted by atomic mass is 10.3. The predicted molar refractivity (Wildman–Crippen MR) is 38.9 cm³/mol.